The van der Waals surface area contributed by atoms with Gasteiger partial charge in [0.1, 0.15) is 5.41 Å². The van der Waals surface area contributed by atoms with Gasteiger partial charge in [-0.3, -0.25) is 14.6 Å². The number of pyridine rings is 1. The van der Waals surface area contributed by atoms with Crippen LogP contribution in [-0.2, 0) is 16.1 Å². The van der Waals surface area contributed by atoms with E-state index in [-0.39, 0.29) is 5.91 Å². The molecule has 0 saturated carbocycles. The lowest BCUT2D eigenvalue weighted by molar-refractivity contribution is -0.126. The van der Waals surface area contributed by atoms with Crippen LogP contribution in [0.3, 0.4) is 0 Å². The molecule has 0 aliphatic heterocycles. The number of nitrogens with one attached hydrogen (secondary N) is 1. The minimum atomic E-state index is -1.10. The molecule has 0 aliphatic rings. The van der Waals surface area contributed by atoms with Crippen LogP contribution in [0.15, 0.2) is 24.4 Å². The molecule has 0 aromatic carbocycles. The molecule has 15 heavy (non-hydrogen) atoms. The van der Waals surface area contributed by atoms with E-state index < -0.39 is 5.41 Å². The highest BCUT2D eigenvalue weighted by Crippen LogP contribution is 2.10. The number of hydrogen-bond donors (Lipinski definition) is 1. The van der Waals surface area contributed by atoms with E-state index in [1.165, 1.54) is 13.8 Å². The first-order valence-corrected chi connectivity index (χ1v) is 4.64. The molecule has 4 heteroatoms. The van der Waals surface area contributed by atoms with Crippen LogP contribution < -0.4 is 5.32 Å². The highest BCUT2D eigenvalue weighted by Gasteiger charge is 2.27. The van der Waals surface area contributed by atoms with Gasteiger partial charge < -0.3 is 5.32 Å². The van der Waals surface area contributed by atoms with Crippen molar-refractivity contribution < 1.29 is 9.59 Å². The molecule has 0 unspecified atom stereocenters. The van der Waals surface area contributed by atoms with E-state index >= 15 is 0 Å². The molecule has 1 aromatic heterocycles. The van der Waals surface area contributed by atoms with Gasteiger partial charge in [0.25, 0.3) is 0 Å². The van der Waals surface area contributed by atoms with Crippen LogP contribution in [0.1, 0.15) is 19.5 Å². The van der Waals surface area contributed by atoms with E-state index in [1.54, 1.807) is 24.6 Å². The number of aromatic nitrogens is 1. The lowest BCUT2D eigenvalue weighted by atomic mass is 9.95. The fourth-order valence-electron chi connectivity index (χ4n) is 0.941. The van der Waals surface area contributed by atoms with Crippen molar-refractivity contribution in [2.75, 3.05) is 0 Å². The Hall–Kier alpha value is -1.71. The Morgan fingerprint density at radius 2 is 2.27 bits per heavy atom. The summed E-state index contributed by atoms with van der Waals surface area (Å²) in [6, 6.07) is 5.44. The zero-order valence-electron chi connectivity index (χ0n) is 8.78. The van der Waals surface area contributed by atoms with Gasteiger partial charge in [0.15, 0.2) is 0 Å². The monoisotopic (exact) mass is 205 g/mol. The molecule has 0 saturated heterocycles. The SMILES string of the molecule is CC(C)([C]=O)C(=O)NCc1ccccn1. The lowest BCUT2D eigenvalue weighted by Crippen LogP contribution is -2.37. The number of nitrogens with zero attached hydrogens (tertiary/aromatic N) is 1. The predicted octanol–water partition coefficient (Wildman–Crippen LogP) is 0.834. The summed E-state index contributed by atoms with van der Waals surface area (Å²) in [5, 5.41) is 2.63. The zero-order valence-corrected chi connectivity index (χ0v) is 8.78. The van der Waals surface area contributed by atoms with E-state index in [9.17, 15) is 9.59 Å². The largest absolute Gasteiger partial charge is 0.350 e. The van der Waals surface area contributed by atoms with Gasteiger partial charge in [-0.05, 0) is 26.0 Å². The Kier molecular flexibility index (Phi) is 3.55. The van der Waals surface area contributed by atoms with Crippen molar-refractivity contribution in [3.8, 4) is 0 Å². The van der Waals surface area contributed by atoms with Crippen LogP contribution in [0, 0.1) is 5.41 Å². The minimum Gasteiger partial charge on any atom is -0.350 e. The van der Waals surface area contributed by atoms with E-state index in [0.29, 0.717) is 6.54 Å². The third-order valence-electron chi connectivity index (χ3n) is 1.98. The summed E-state index contributed by atoms with van der Waals surface area (Å²) in [6.45, 7) is 3.37. The maximum absolute atomic E-state index is 11.5. The molecule has 1 amide bonds. The summed E-state index contributed by atoms with van der Waals surface area (Å²) in [5.41, 5.74) is -0.345. The highest BCUT2D eigenvalue weighted by atomic mass is 16.2. The maximum atomic E-state index is 11.5. The van der Waals surface area contributed by atoms with Crippen molar-refractivity contribution in [1.82, 2.24) is 10.3 Å². The van der Waals surface area contributed by atoms with Crippen LogP contribution in [0.4, 0.5) is 0 Å². The van der Waals surface area contributed by atoms with Crippen LogP contribution >= 0.6 is 0 Å². The average molecular weight is 205 g/mol. The van der Waals surface area contributed by atoms with E-state index in [0.717, 1.165) is 5.69 Å². The third-order valence-corrected chi connectivity index (χ3v) is 1.98. The minimum absolute atomic E-state index is 0.324. The normalized spacial score (nSPS) is 10.8. The van der Waals surface area contributed by atoms with Crippen LogP contribution in [-0.4, -0.2) is 17.2 Å². The standard InChI is InChI=1S/C11H13N2O2/c1-11(2,8-14)10(15)13-7-9-5-3-4-6-12-9/h3-6H,7H2,1-2H3,(H,13,15). The van der Waals surface area contributed by atoms with E-state index in [4.69, 9.17) is 0 Å². The Bertz CT molecular complexity index is 347. The first kappa shape index (κ1) is 11.4. The van der Waals surface area contributed by atoms with Crippen molar-refractivity contribution in [2.24, 2.45) is 5.41 Å². The fraction of sp³-hybridized carbons (Fsp3) is 0.364. The predicted molar refractivity (Wildman–Crippen MR) is 55.6 cm³/mol. The summed E-state index contributed by atoms with van der Waals surface area (Å²) < 4.78 is 0. The molecule has 1 heterocycles. The Labute approximate surface area is 88.7 Å². The fourth-order valence-corrected chi connectivity index (χ4v) is 0.941. The summed E-state index contributed by atoms with van der Waals surface area (Å²) >= 11 is 0. The van der Waals surface area contributed by atoms with Crippen molar-refractivity contribution >= 4 is 12.2 Å². The Morgan fingerprint density at radius 3 is 2.80 bits per heavy atom. The van der Waals surface area contributed by atoms with Crippen molar-refractivity contribution in [3.05, 3.63) is 30.1 Å². The smallest absolute Gasteiger partial charge is 0.233 e. The summed E-state index contributed by atoms with van der Waals surface area (Å²) in [6.07, 6.45) is 3.35. The van der Waals surface area contributed by atoms with Crippen LogP contribution in [0.2, 0.25) is 0 Å². The third kappa shape index (κ3) is 3.16. The summed E-state index contributed by atoms with van der Waals surface area (Å²) in [7, 11) is 0. The molecule has 1 aromatic rings. The van der Waals surface area contributed by atoms with Gasteiger partial charge in [-0.15, -0.1) is 0 Å². The molecule has 4 nitrogen and oxygen atoms in total. The Morgan fingerprint density at radius 1 is 1.53 bits per heavy atom. The molecule has 0 aliphatic carbocycles. The second-order valence-corrected chi connectivity index (χ2v) is 3.73. The molecule has 1 radical (unpaired) electrons. The second-order valence-electron chi connectivity index (χ2n) is 3.73. The zero-order chi connectivity index (χ0) is 11.3. The lowest BCUT2D eigenvalue weighted by Gasteiger charge is -2.14. The van der Waals surface area contributed by atoms with Crippen molar-refractivity contribution in [2.45, 2.75) is 20.4 Å². The van der Waals surface area contributed by atoms with E-state index in [2.05, 4.69) is 10.3 Å². The molecule has 0 spiro atoms. The molecular formula is C11H13N2O2. The molecule has 0 atom stereocenters. The molecule has 0 bridgehead atoms. The summed E-state index contributed by atoms with van der Waals surface area (Å²) in [5.74, 6) is -0.344. The summed E-state index contributed by atoms with van der Waals surface area (Å²) in [4.78, 5) is 26.0. The quantitative estimate of drug-likeness (QED) is 0.741. The number of carbonyl (C=O) groups excluding carboxylic acids is 2. The van der Waals surface area contributed by atoms with Crippen LogP contribution in [0.25, 0.3) is 0 Å². The van der Waals surface area contributed by atoms with E-state index in [1.807, 2.05) is 6.07 Å². The van der Waals surface area contributed by atoms with Gasteiger partial charge in [-0.1, -0.05) is 6.07 Å². The van der Waals surface area contributed by atoms with Gasteiger partial charge in [0.2, 0.25) is 12.2 Å². The molecule has 0 fully saturated rings. The Balaban J connectivity index is 2.52. The number of hydrogen-bond acceptors (Lipinski definition) is 3. The van der Waals surface area contributed by atoms with Crippen LogP contribution in [0.5, 0.6) is 0 Å². The number of rotatable bonds is 4. The van der Waals surface area contributed by atoms with Crippen molar-refractivity contribution in [1.29, 1.82) is 0 Å². The molecule has 79 valence electrons. The van der Waals surface area contributed by atoms with Gasteiger partial charge >= 0.3 is 0 Å². The number of amides is 1. The number of carbonyl (C=O) groups is 1. The second kappa shape index (κ2) is 4.68. The average Bonchev–Trinajstić information content (AvgIpc) is 2.27. The van der Waals surface area contributed by atoms with Gasteiger partial charge in [0.05, 0.1) is 12.2 Å². The maximum Gasteiger partial charge on any atom is 0.233 e. The molecule has 1 N–H and O–H groups in total. The first-order chi connectivity index (χ1) is 7.06. The van der Waals surface area contributed by atoms with Gasteiger partial charge in [-0.25, -0.2) is 0 Å². The topological polar surface area (TPSA) is 59.1 Å². The molecular weight excluding hydrogens is 192 g/mol. The highest BCUT2D eigenvalue weighted by molar-refractivity contribution is 5.95. The van der Waals surface area contributed by atoms with Crippen molar-refractivity contribution in [3.63, 3.8) is 0 Å². The van der Waals surface area contributed by atoms with Gasteiger partial charge in [0, 0.05) is 6.20 Å². The molecule has 1 rings (SSSR count). The van der Waals surface area contributed by atoms with Gasteiger partial charge in [-0.2, -0.15) is 0 Å². The first-order valence-electron chi connectivity index (χ1n) is 4.64.